The molecule has 120 valence electrons. The zero-order valence-electron chi connectivity index (χ0n) is 13.4. The topological polar surface area (TPSA) is 72.6 Å². The maximum absolute atomic E-state index is 12.8. The van der Waals surface area contributed by atoms with E-state index in [4.69, 9.17) is 10.5 Å². The van der Waals surface area contributed by atoms with Crippen molar-refractivity contribution in [1.29, 1.82) is 0 Å². The molecule has 3 atom stereocenters. The number of hydrogen-bond donors (Lipinski definition) is 1. The van der Waals surface area contributed by atoms with Crippen LogP contribution < -0.4 is 5.73 Å². The van der Waals surface area contributed by atoms with Crippen LogP contribution in [0.25, 0.3) is 0 Å². The first-order valence-electron chi connectivity index (χ1n) is 8.05. The third-order valence-electron chi connectivity index (χ3n) is 5.40. The normalized spacial score (nSPS) is 30.2. The van der Waals surface area contributed by atoms with Gasteiger partial charge in [-0.05, 0) is 37.5 Å². The number of nitrogens with zero attached hydrogens (tertiary/aromatic N) is 1. The van der Waals surface area contributed by atoms with Gasteiger partial charge in [0.1, 0.15) is 0 Å². The number of amides is 1. The Bertz CT molecular complexity index is 404. The SMILES string of the molecule is CC[C@@H]1CCN(C(=O)C(N)C2(C)CCOCC2)[C@@H]1C(C)=O. The quantitative estimate of drug-likeness (QED) is 0.850. The highest BCUT2D eigenvalue weighted by Gasteiger charge is 2.45. The van der Waals surface area contributed by atoms with Crippen molar-refractivity contribution in [1.82, 2.24) is 4.90 Å². The minimum absolute atomic E-state index is 0.0597. The van der Waals surface area contributed by atoms with Crippen molar-refractivity contribution >= 4 is 11.7 Å². The van der Waals surface area contributed by atoms with Crippen LogP contribution in [0.5, 0.6) is 0 Å². The Balaban J connectivity index is 2.13. The molecule has 1 amide bonds. The van der Waals surface area contributed by atoms with Gasteiger partial charge >= 0.3 is 0 Å². The van der Waals surface area contributed by atoms with Gasteiger partial charge in [-0.3, -0.25) is 9.59 Å². The predicted molar refractivity (Wildman–Crippen MR) is 80.7 cm³/mol. The number of carbonyl (C=O) groups excluding carboxylic acids is 2. The maximum Gasteiger partial charge on any atom is 0.240 e. The third-order valence-corrected chi connectivity index (χ3v) is 5.40. The van der Waals surface area contributed by atoms with Gasteiger partial charge in [0, 0.05) is 19.8 Å². The van der Waals surface area contributed by atoms with Gasteiger partial charge in [0.2, 0.25) is 5.91 Å². The monoisotopic (exact) mass is 296 g/mol. The maximum atomic E-state index is 12.8. The number of likely N-dealkylation sites (tertiary alicyclic amines) is 1. The van der Waals surface area contributed by atoms with Gasteiger partial charge in [-0.2, -0.15) is 0 Å². The number of Topliss-reactive ketones (excluding diaryl/α,β-unsaturated/α-hetero) is 1. The zero-order chi connectivity index (χ0) is 15.6. The van der Waals surface area contributed by atoms with Gasteiger partial charge in [0.05, 0.1) is 12.1 Å². The lowest BCUT2D eigenvalue weighted by Gasteiger charge is -2.40. The van der Waals surface area contributed by atoms with Crippen molar-refractivity contribution in [3.63, 3.8) is 0 Å². The predicted octanol–water partition coefficient (Wildman–Crippen LogP) is 1.35. The summed E-state index contributed by atoms with van der Waals surface area (Å²) < 4.78 is 5.38. The standard InChI is InChI=1S/C16H28N2O3/c1-4-12-5-8-18(13(12)11(2)19)15(20)14(17)16(3)6-9-21-10-7-16/h12-14H,4-10,17H2,1-3H3/t12-,13-,14?/m1/s1. The van der Waals surface area contributed by atoms with E-state index in [0.717, 1.165) is 25.7 Å². The number of hydrogen-bond acceptors (Lipinski definition) is 4. The Morgan fingerprint density at radius 3 is 2.52 bits per heavy atom. The average molecular weight is 296 g/mol. The zero-order valence-corrected chi connectivity index (χ0v) is 13.4. The molecule has 21 heavy (non-hydrogen) atoms. The van der Waals surface area contributed by atoms with Crippen molar-refractivity contribution in [3.05, 3.63) is 0 Å². The summed E-state index contributed by atoms with van der Waals surface area (Å²) in [4.78, 5) is 26.5. The Morgan fingerprint density at radius 2 is 2.00 bits per heavy atom. The molecule has 2 aliphatic rings. The molecule has 0 aromatic carbocycles. The summed E-state index contributed by atoms with van der Waals surface area (Å²) in [5.74, 6) is 0.300. The molecule has 2 saturated heterocycles. The Kier molecular flexibility index (Phi) is 5.04. The molecule has 0 aromatic heterocycles. The van der Waals surface area contributed by atoms with Crippen molar-refractivity contribution in [2.24, 2.45) is 17.1 Å². The van der Waals surface area contributed by atoms with E-state index in [1.54, 1.807) is 11.8 Å². The van der Waals surface area contributed by atoms with Gasteiger partial charge in [0.25, 0.3) is 0 Å². The van der Waals surface area contributed by atoms with E-state index in [1.165, 1.54) is 0 Å². The fourth-order valence-electron chi connectivity index (χ4n) is 3.71. The average Bonchev–Trinajstić information content (AvgIpc) is 2.90. The van der Waals surface area contributed by atoms with Crippen LogP contribution in [0.4, 0.5) is 0 Å². The first-order valence-corrected chi connectivity index (χ1v) is 8.05. The second-order valence-corrected chi connectivity index (χ2v) is 6.79. The number of ether oxygens (including phenoxy) is 1. The number of ketones is 1. The largest absolute Gasteiger partial charge is 0.381 e. The first kappa shape index (κ1) is 16.4. The molecular weight excluding hydrogens is 268 g/mol. The summed E-state index contributed by atoms with van der Waals surface area (Å²) >= 11 is 0. The molecule has 0 bridgehead atoms. The summed E-state index contributed by atoms with van der Waals surface area (Å²) in [6, 6.07) is -0.823. The van der Waals surface area contributed by atoms with Crippen molar-refractivity contribution in [2.45, 2.75) is 58.5 Å². The van der Waals surface area contributed by atoms with Crippen molar-refractivity contribution < 1.29 is 14.3 Å². The van der Waals surface area contributed by atoms with E-state index in [-0.39, 0.29) is 29.1 Å². The van der Waals surface area contributed by atoms with E-state index in [9.17, 15) is 9.59 Å². The van der Waals surface area contributed by atoms with E-state index in [1.807, 2.05) is 0 Å². The first-order chi connectivity index (χ1) is 9.90. The highest BCUT2D eigenvalue weighted by Crippen LogP contribution is 2.35. The molecule has 0 aliphatic carbocycles. The van der Waals surface area contributed by atoms with Crippen LogP contribution in [0.3, 0.4) is 0 Å². The van der Waals surface area contributed by atoms with Crippen LogP contribution in [0, 0.1) is 11.3 Å². The smallest absolute Gasteiger partial charge is 0.240 e. The molecule has 0 aromatic rings. The van der Waals surface area contributed by atoms with Gasteiger partial charge < -0.3 is 15.4 Å². The van der Waals surface area contributed by atoms with Gasteiger partial charge in [-0.1, -0.05) is 20.3 Å². The van der Waals surface area contributed by atoms with Gasteiger partial charge in [0.15, 0.2) is 5.78 Å². The van der Waals surface area contributed by atoms with E-state index < -0.39 is 6.04 Å². The van der Waals surface area contributed by atoms with Crippen LogP contribution in [-0.2, 0) is 14.3 Å². The van der Waals surface area contributed by atoms with E-state index in [2.05, 4.69) is 13.8 Å². The highest BCUT2D eigenvalue weighted by atomic mass is 16.5. The minimum atomic E-state index is -0.543. The Hall–Kier alpha value is -0.940. The molecular formula is C16H28N2O3. The Labute approximate surface area is 127 Å². The molecule has 2 rings (SSSR count). The lowest BCUT2D eigenvalue weighted by atomic mass is 9.75. The Morgan fingerprint density at radius 1 is 1.38 bits per heavy atom. The van der Waals surface area contributed by atoms with E-state index in [0.29, 0.717) is 19.8 Å². The fraction of sp³-hybridized carbons (Fsp3) is 0.875. The van der Waals surface area contributed by atoms with Crippen LogP contribution >= 0.6 is 0 Å². The fourth-order valence-corrected chi connectivity index (χ4v) is 3.71. The molecule has 5 nitrogen and oxygen atoms in total. The van der Waals surface area contributed by atoms with Crippen LogP contribution in [-0.4, -0.2) is 48.4 Å². The van der Waals surface area contributed by atoms with Gasteiger partial charge in [-0.15, -0.1) is 0 Å². The molecule has 2 N–H and O–H groups in total. The third kappa shape index (κ3) is 3.14. The van der Waals surface area contributed by atoms with Crippen LogP contribution in [0.2, 0.25) is 0 Å². The van der Waals surface area contributed by atoms with Crippen LogP contribution in [0.15, 0.2) is 0 Å². The molecule has 1 unspecified atom stereocenters. The van der Waals surface area contributed by atoms with E-state index >= 15 is 0 Å². The molecule has 0 spiro atoms. The molecule has 0 radical (unpaired) electrons. The summed E-state index contributed by atoms with van der Waals surface area (Å²) in [5.41, 5.74) is 6.08. The second kappa shape index (κ2) is 6.44. The molecule has 2 aliphatic heterocycles. The highest BCUT2D eigenvalue weighted by molar-refractivity contribution is 5.90. The van der Waals surface area contributed by atoms with Crippen molar-refractivity contribution in [3.8, 4) is 0 Å². The van der Waals surface area contributed by atoms with Gasteiger partial charge in [-0.25, -0.2) is 0 Å². The molecule has 2 heterocycles. The molecule has 0 saturated carbocycles. The summed E-state index contributed by atoms with van der Waals surface area (Å²) in [6.07, 6.45) is 3.43. The lowest BCUT2D eigenvalue weighted by Crippen LogP contribution is -2.56. The summed E-state index contributed by atoms with van der Waals surface area (Å²) in [5, 5.41) is 0. The summed E-state index contributed by atoms with van der Waals surface area (Å²) in [6.45, 7) is 7.70. The van der Waals surface area contributed by atoms with Crippen molar-refractivity contribution in [2.75, 3.05) is 19.8 Å². The van der Waals surface area contributed by atoms with Crippen LogP contribution in [0.1, 0.15) is 46.5 Å². The second-order valence-electron chi connectivity index (χ2n) is 6.79. The molecule has 5 heteroatoms. The number of nitrogens with two attached hydrogens (primary N) is 1. The molecule has 2 fully saturated rings. The minimum Gasteiger partial charge on any atom is -0.381 e. The number of rotatable bonds is 4. The number of carbonyl (C=O) groups is 2. The summed E-state index contributed by atoms with van der Waals surface area (Å²) in [7, 11) is 0. The lowest BCUT2D eigenvalue weighted by molar-refractivity contribution is -0.142.